The number of hydrogen-bond acceptors (Lipinski definition) is 3. The second kappa shape index (κ2) is 6.22. The van der Waals surface area contributed by atoms with Crippen LogP contribution in [0.3, 0.4) is 0 Å². The highest BCUT2D eigenvalue weighted by Crippen LogP contribution is 2.57. The molecule has 26 heavy (non-hydrogen) atoms. The molecule has 4 aliphatic rings. The Kier molecular flexibility index (Phi) is 4.70. The van der Waals surface area contributed by atoms with E-state index in [0.29, 0.717) is 17.3 Å². The summed E-state index contributed by atoms with van der Waals surface area (Å²) in [5.74, 6) is 1.19. The molecule has 2 bridgehead atoms. The molecule has 1 aliphatic carbocycles. The fraction of sp³-hybridized carbons (Fsp3) is 0.905. The quantitative estimate of drug-likeness (QED) is 0.810. The van der Waals surface area contributed by atoms with Crippen molar-refractivity contribution in [1.29, 1.82) is 0 Å². The number of piperidine rings is 2. The summed E-state index contributed by atoms with van der Waals surface area (Å²) >= 11 is 0. The Labute approximate surface area is 158 Å². The molecule has 0 spiro atoms. The van der Waals surface area contributed by atoms with E-state index in [9.17, 15) is 9.59 Å². The number of carbonyl (C=O) groups excluding carboxylic acids is 2. The molecule has 3 aliphatic heterocycles. The van der Waals surface area contributed by atoms with Crippen molar-refractivity contribution < 1.29 is 9.59 Å². The van der Waals surface area contributed by atoms with Crippen LogP contribution in [0.2, 0.25) is 0 Å². The molecule has 5 nitrogen and oxygen atoms in total. The Morgan fingerprint density at radius 3 is 2.35 bits per heavy atom. The fourth-order valence-corrected chi connectivity index (χ4v) is 5.29. The zero-order chi connectivity index (χ0) is 19.5. The summed E-state index contributed by atoms with van der Waals surface area (Å²) in [5.41, 5.74) is -0.544. The maximum absolute atomic E-state index is 13.5. The lowest BCUT2D eigenvalue weighted by atomic mass is 9.50. The van der Waals surface area contributed by atoms with Crippen molar-refractivity contribution in [3.05, 3.63) is 0 Å². The minimum atomic E-state index is -0.554. The van der Waals surface area contributed by atoms with Gasteiger partial charge in [0, 0.05) is 12.6 Å². The second-order valence-electron chi connectivity index (χ2n) is 10.7. The van der Waals surface area contributed by atoms with Crippen LogP contribution in [0, 0.1) is 22.7 Å². The minimum Gasteiger partial charge on any atom is -0.342 e. The molecule has 1 saturated carbocycles. The molecule has 4 fully saturated rings. The number of hydrogen-bond donors (Lipinski definition) is 2. The molecule has 3 saturated heterocycles. The van der Waals surface area contributed by atoms with Crippen LogP contribution in [0.25, 0.3) is 0 Å². The third-order valence-corrected chi connectivity index (χ3v) is 7.58. The molecular weight excluding hydrogens is 326 g/mol. The van der Waals surface area contributed by atoms with E-state index in [2.05, 4.69) is 31.4 Å². The van der Waals surface area contributed by atoms with Gasteiger partial charge in [0.1, 0.15) is 6.04 Å². The number of nitrogens with one attached hydrogen (secondary N) is 2. The van der Waals surface area contributed by atoms with Gasteiger partial charge >= 0.3 is 0 Å². The average molecular weight is 364 g/mol. The summed E-state index contributed by atoms with van der Waals surface area (Å²) in [7, 11) is 0. The van der Waals surface area contributed by atoms with Gasteiger partial charge in [-0.3, -0.25) is 9.59 Å². The van der Waals surface area contributed by atoms with Crippen LogP contribution in [0.1, 0.15) is 67.7 Å². The third-order valence-electron chi connectivity index (χ3n) is 7.58. The van der Waals surface area contributed by atoms with E-state index in [1.165, 1.54) is 6.42 Å². The van der Waals surface area contributed by atoms with Crippen molar-refractivity contribution in [3.8, 4) is 0 Å². The summed E-state index contributed by atoms with van der Waals surface area (Å²) in [5, 5.41) is 6.42. The number of carbonyl (C=O) groups is 2. The van der Waals surface area contributed by atoms with Crippen molar-refractivity contribution in [2.24, 2.45) is 22.7 Å². The Hall–Kier alpha value is -1.10. The topological polar surface area (TPSA) is 61.4 Å². The first kappa shape index (κ1) is 19.7. The third kappa shape index (κ3) is 3.06. The maximum atomic E-state index is 13.5. The van der Waals surface area contributed by atoms with Gasteiger partial charge in [-0.2, -0.15) is 0 Å². The van der Waals surface area contributed by atoms with Crippen LogP contribution in [0.15, 0.2) is 0 Å². The van der Waals surface area contributed by atoms with Gasteiger partial charge in [0.2, 0.25) is 11.8 Å². The molecule has 0 aromatic rings. The first-order valence-corrected chi connectivity index (χ1v) is 10.2. The van der Waals surface area contributed by atoms with Crippen molar-refractivity contribution >= 4 is 11.8 Å². The highest BCUT2D eigenvalue weighted by atomic mass is 16.2. The van der Waals surface area contributed by atoms with Crippen molar-refractivity contribution in [2.75, 3.05) is 13.1 Å². The molecule has 4 rings (SSSR count). The minimum absolute atomic E-state index is 0.0431. The molecule has 0 aromatic carbocycles. The summed E-state index contributed by atoms with van der Waals surface area (Å²) in [6.45, 7) is 16.6. The summed E-state index contributed by atoms with van der Waals surface area (Å²) in [4.78, 5) is 28.4. The van der Waals surface area contributed by atoms with Crippen molar-refractivity contribution in [3.63, 3.8) is 0 Å². The van der Waals surface area contributed by atoms with Gasteiger partial charge in [0.15, 0.2) is 0 Å². The number of fused-ring (bicyclic) bond motifs is 2. The molecular formula is C21H37N3O2. The lowest BCUT2D eigenvalue weighted by Crippen LogP contribution is -2.69. The number of amides is 2. The fourth-order valence-electron chi connectivity index (χ4n) is 5.29. The first-order valence-electron chi connectivity index (χ1n) is 10.2. The summed E-state index contributed by atoms with van der Waals surface area (Å²) in [6.07, 6.45) is 3.05. The van der Waals surface area contributed by atoms with Crippen LogP contribution < -0.4 is 10.6 Å². The van der Waals surface area contributed by atoms with Gasteiger partial charge in [-0.05, 0) is 62.3 Å². The lowest BCUT2D eigenvalue weighted by molar-refractivity contribution is -0.170. The van der Waals surface area contributed by atoms with Gasteiger partial charge in [0.25, 0.3) is 0 Å². The highest BCUT2D eigenvalue weighted by Gasteiger charge is 2.57. The molecule has 3 heterocycles. The van der Waals surface area contributed by atoms with Crippen LogP contribution in [0.5, 0.6) is 0 Å². The number of rotatable bonds is 3. The van der Waals surface area contributed by atoms with Crippen molar-refractivity contribution in [2.45, 2.75) is 85.4 Å². The van der Waals surface area contributed by atoms with Gasteiger partial charge < -0.3 is 15.5 Å². The molecule has 2 N–H and O–H groups in total. The van der Waals surface area contributed by atoms with Gasteiger partial charge in [-0.15, -0.1) is 0 Å². The monoisotopic (exact) mass is 363 g/mol. The Balaban J connectivity index is 1.76. The average Bonchev–Trinajstić information content (AvgIpc) is 2.98. The van der Waals surface area contributed by atoms with Gasteiger partial charge in [0.05, 0.1) is 5.54 Å². The van der Waals surface area contributed by atoms with E-state index in [1.54, 1.807) is 0 Å². The lowest BCUT2D eigenvalue weighted by Gasteiger charge is -2.63. The zero-order valence-electron chi connectivity index (χ0n) is 17.6. The molecule has 5 heteroatoms. The zero-order valence-corrected chi connectivity index (χ0v) is 17.6. The standard InChI is InChI=1S/C21H37N3O2/c1-13-15-11-14(20(15,5)6)12-24(13)17(25)16(19(2,3)4)23-18(26)21(7)9-8-10-22-21/h13-16,22H,8-12H2,1-7H3,(H,23,26)/t13-,14?,15+,16-,21?/m1/s1. The van der Waals surface area contributed by atoms with Crippen LogP contribution in [-0.4, -0.2) is 47.4 Å². The van der Waals surface area contributed by atoms with E-state index in [1.807, 2.05) is 32.6 Å². The second-order valence-corrected chi connectivity index (χ2v) is 10.7. The number of nitrogens with zero attached hydrogens (tertiary/aromatic N) is 1. The van der Waals surface area contributed by atoms with Gasteiger partial charge in [-0.1, -0.05) is 34.6 Å². The van der Waals surface area contributed by atoms with E-state index in [4.69, 9.17) is 0 Å². The van der Waals surface area contributed by atoms with E-state index >= 15 is 0 Å². The predicted octanol–water partition coefficient (Wildman–Crippen LogP) is 2.55. The largest absolute Gasteiger partial charge is 0.342 e. The summed E-state index contributed by atoms with van der Waals surface area (Å²) < 4.78 is 0. The molecule has 2 amide bonds. The normalized spacial score (nSPS) is 37.0. The van der Waals surface area contributed by atoms with Crippen LogP contribution in [-0.2, 0) is 9.59 Å². The van der Waals surface area contributed by atoms with Crippen molar-refractivity contribution in [1.82, 2.24) is 15.5 Å². The highest BCUT2D eigenvalue weighted by molar-refractivity contribution is 5.92. The predicted molar refractivity (Wildman–Crippen MR) is 104 cm³/mol. The van der Waals surface area contributed by atoms with Crippen LogP contribution in [0.4, 0.5) is 0 Å². The van der Waals surface area contributed by atoms with E-state index in [-0.39, 0.29) is 23.3 Å². The molecule has 0 aromatic heterocycles. The Morgan fingerprint density at radius 2 is 1.88 bits per heavy atom. The maximum Gasteiger partial charge on any atom is 0.245 e. The van der Waals surface area contributed by atoms with E-state index in [0.717, 1.165) is 25.9 Å². The molecule has 2 unspecified atom stereocenters. The van der Waals surface area contributed by atoms with Crippen LogP contribution >= 0.6 is 0 Å². The first-order chi connectivity index (χ1) is 11.9. The Bertz CT molecular complexity index is 587. The molecule has 148 valence electrons. The molecule has 0 radical (unpaired) electrons. The van der Waals surface area contributed by atoms with Gasteiger partial charge in [-0.25, -0.2) is 0 Å². The SMILES string of the molecule is C[C@@H]1[C@@H]2CC(CN1C(=O)[C@@H](NC(=O)C1(C)CCCN1)C(C)(C)C)C2(C)C. The Morgan fingerprint density at radius 1 is 1.23 bits per heavy atom. The summed E-state index contributed by atoms with van der Waals surface area (Å²) in [6, 6.07) is -0.248. The smallest absolute Gasteiger partial charge is 0.245 e. The molecule has 5 atom stereocenters. The van der Waals surface area contributed by atoms with E-state index < -0.39 is 11.6 Å².